The fourth-order valence-electron chi connectivity index (χ4n) is 5.98. The van der Waals surface area contributed by atoms with Crippen molar-refractivity contribution >= 4 is 29.1 Å². The molecule has 1 atom stereocenters. The molecule has 9 nitrogen and oxygen atoms in total. The van der Waals surface area contributed by atoms with Crippen LogP contribution in [-0.2, 0) is 21.4 Å². The number of carbonyl (C=O) groups excluding carboxylic acids is 3. The highest BCUT2D eigenvalue weighted by Gasteiger charge is 2.39. The first kappa shape index (κ1) is 37.7. The molecule has 1 aliphatic heterocycles. The molecule has 0 aliphatic carbocycles. The van der Waals surface area contributed by atoms with E-state index < -0.39 is 6.04 Å². The molecule has 0 radical (unpaired) electrons. The standard InChI is InChI=1S/C41H51N5O4S/c1-7-8-9-10-11-22-50-33-18-16-29(17-19-33)31-24-42-37(43-25-31)30-14-12-28(13-15-30)23-34(40(49)46-26-32(27-46)39(48)45(5)6)44-38(47)35-20-21-36(51-35)41(2,3)4/h12-21,24-25,32,34H,7-11,22-23,26-27H2,1-6H3,(H,44,47). The van der Waals surface area contributed by atoms with Gasteiger partial charge in [0.2, 0.25) is 11.8 Å². The van der Waals surface area contributed by atoms with Gasteiger partial charge in [-0.05, 0) is 47.2 Å². The summed E-state index contributed by atoms with van der Waals surface area (Å²) in [6.07, 6.45) is 10.0. The molecule has 1 saturated heterocycles. The third kappa shape index (κ3) is 10.0. The number of carbonyl (C=O) groups is 3. The van der Waals surface area contributed by atoms with E-state index in [9.17, 15) is 14.4 Å². The molecular formula is C41H51N5O4S. The summed E-state index contributed by atoms with van der Waals surface area (Å²) in [7, 11) is 3.44. The summed E-state index contributed by atoms with van der Waals surface area (Å²) in [6.45, 7) is 9.97. The van der Waals surface area contributed by atoms with E-state index in [4.69, 9.17) is 4.74 Å². The highest BCUT2D eigenvalue weighted by Crippen LogP contribution is 2.30. The molecule has 0 bridgehead atoms. The molecule has 4 aromatic rings. The number of hydrogen-bond acceptors (Lipinski definition) is 7. The van der Waals surface area contributed by atoms with Gasteiger partial charge in [-0.2, -0.15) is 0 Å². The number of nitrogens with zero attached hydrogens (tertiary/aromatic N) is 4. The summed E-state index contributed by atoms with van der Waals surface area (Å²) < 4.78 is 5.91. The lowest BCUT2D eigenvalue weighted by Gasteiger charge is -2.41. The summed E-state index contributed by atoms with van der Waals surface area (Å²) in [4.78, 5) is 53.7. The van der Waals surface area contributed by atoms with E-state index >= 15 is 0 Å². The number of benzene rings is 2. The quantitative estimate of drug-likeness (QED) is 0.129. The van der Waals surface area contributed by atoms with Gasteiger partial charge in [-0.1, -0.05) is 89.8 Å². The number of hydrogen-bond donors (Lipinski definition) is 1. The van der Waals surface area contributed by atoms with Crippen LogP contribution < -0.4 is 10.1 Å². The van der Waals surface area contributed by atoms with Crippen molar-refractivity contribution in [3.8, 4) is 28.3 Å². The molecule has 1 aliphatic rings. The summed E-state index contributed by atoms with van der Waals surface area (Å²) in [6, 6.07) is 18.8. The van der Waals surface area contributed by atoms with E-state index in [1.165, 1.54) is 37.0 Å². The zero-order valence-corrected chi connectivity index (χ0v) is 31.6. The number of amides is 3. The first-order chi connectivity index (χ1) is 24.4. The lowest BCUT2D eigenvalue weighted by atomic mass is 9.95. The van der Waals surface area contributed by atoms with E-state index in [-0.39, 0.29) is 29.1 Å². The van der Waals surface area contributed by atoms with Crippen molar-refractivity contribution in [2.24, 2.45) is 5.92 Å². The molecule has 51 heavy (non-hydrogen) atoms. The predicted octanol–water partition coefficient (Wildman–Crippen LogP) is 7.41. The van der Waals surface area contributed by atoms with Crippen molar-refractivity contribution in [1.82, 2.24) is 25.1 Å². The molecule has 10 heteroatoms. The van der Waals surface area contributed by atoms with Crippen LogP contribution in [0.15, 0.2) is 73.1 Å². The summed E-state index contributed by atoms with van der Waals surface area (Å²) in [5, 5.41) is 3.01. The van der Waals surface area contributed by atoms with E-state index in [2.05, 4.69) is 43.0 Å². The molecule has 5 rings (SSSR count). The van der Waals surface area contributed by atoms with Gasteiger partial charge in [-0.15, -0.1) is 11.3 Å². The van der Waals surface area contributed by atoms with Gasteiger partial charge in [0.1, 0.15) is 11.8 Å². The second kappa shape index (κ2) is 17.1. The Morgan fingerprint density at radius 1 is 0.882 bits per heavy atom. The maximum atomic E-state index is 13.7. The second-order valence-electron chi connectivity index (χ2n) is 14.6. The summed E-state index contributed by atoms with van der Waals surface area (Å²) in [5.41, 5.74) is 3.59. The SMILES string of the molecule is CCCCCCCOc1ccc(-c2cnc(-c3ccc(CC(NC(=O)c4ccc(C(C)(C)C)s4)C(=O)N4CC(C(=O)N(C)C)C4)cc3)nc2)cc1. The predicted molar refractivity (Wildman–Crippen MR) is 204 cm³/mol. The molecular weight excluding hydrogens is 659 g/mol. The van der Waals surface area contributed by atoms with Crippen molar-refractivity contribution < 1.29 is 19.1 Å². The average Bonchev–Trinajstić information content (AvgIpc) is 3.61. The van der Waals surface area contributed by atoms with Crippen molar-refractivity contribution in [1.29, 1.82) is 0 Å². The largest absolute Gasteiger partial charge is 0.494 e. The van der Waals surface area contributed by atoms with Gasteiger partial charge in [-0.3, -0.25) is 14.4 Å². The van der Waals surface area contributed by atoms with Crippen molar-refractivity contribution in [3.05, 3.63) is 88.4 Å². The van der Waals surface area contributed by atoms with Crippen LogP contribution in [0.2, 0.25) is 0 Å². The van der Waals surface area contributed by atoms with Crippen LogP contribution >= 0.6 is 11.3 Å². The number of thiophene rings is 1. The zero-order valence-electron chi connectivity index (χ0n) is 30.8. The van der Waals surface area contributed by atoms with E-state index in [1.54, 1.807) is 23.9 Å². The Labute approximate surface area is 306 Å². The first-order valence-electron chi connectivity index (χ1n) is 18.0. The van der Waals surface area contributed by atoms with Crippen LogP contribution in [0.5, 0.6) is 5.75 Å². The van der Waals surface area contributed by atoms with Crippen molar-refractivity contribution in [2.75, 3.05) is 33.8 Å². The van der Waals surface area contributed by atoms with Crippen LogP contribution in [0, 0.1) is 5.92 Å². The van der Waals surface area contributed by atoms with Gasteiger partial charge in [-0.25, -0.2) is 9.97 Å². The molecule has 3 amide bonds. The highest BCUT2D eigenvalue weighted by molar-refractivity contribution is 7.14. The van der Waals surface area contributed by atoms with Gasteiger partial charge in [0.25, 0.3) is 5.91 Å². The molecule has 2 aromatic heterocycles. The number of ether oxygens (including phenoxy) is 1. The third-order valence-electron chi connectivity index (χ3n) is 9.16. The lowest BCUT2D eigenvalue weighted by molar-refractivity contribution is -0.148. The molecule has 1 N–H and O–H groups in total. The monoisotopic (exact) mass is 709 g/mol. The maximum absolute atomic E-state index is 13.7. The molecule has 0 saturated carbocycles. The molecule has 1 fully saturated rings. The number of aromatic nitrogens is 2. The van der Waals surface area contributed by atoms with Gasteiger partial charge < -0.3 is 19.9 Å². The normalized spacial score (nSPS) is 13.7. The van der Waals surface area contributed by atoms with Crippen LogP contribution in [0.1, 0.15) is 79.9 Å². The van der Waals surface area contributed by atoms with Crippen LogP contribution in [0.3, 0.4) is 0 Å². The van der Waals surface area contributed by atoms with Crippen LogP contribution in [0.4, 0.5) is 0 Å². The molecule has 270 valence electrons. The van der Waals surface area contributed by atoms with Gasteiger partial charge in [0, 0.05) is 62.0 Å². The van der Waals surface area contributed by atoms with Gasteiger partial charge in [0.15, 0.2) is 5.82 Å². The molecule has 2 aromatic carbocycles. The Hall–Kier alpha value is -4.57. The van der Waals surface area contributed by atoms with Gasteiger partial charge >= 0.3 is 0 Å². The Bertz CT molecular complexity index is 1760. The van der Waals surface area contributed by atoms with E-state index in [0.29, 0.717) is 30.2 Å². The minimum Gasteiger partial charge on any atom is -0.494 e. The third-order valence-corrected chi connectivity index (χ3v) is 10.7. The van der Waals surface area contributed by atoms with Gasteiger partial charge in [0.05, 0.1) is 17.4 Å². The fraction of sp³-hybridized carbons (Fsp3) is 0.439. The van der Waals surface area contributed by atoms with Crippen molar-refractivity contribution in [3.63, 3.8) is 0 Å². The number of nitrogens with one attached hydrogen (secondary N) is 1. The topological polar surface area (TPSA) is 105 Å². The molecule has 1 unspecified atom stereocenters. The maximum Gasteiger partial charge on any atom is 0.262 e. The minimum atomic E-state index is -0.780. The number of likely N-dealkylation sites (tertiary alicyclic amines) is 1. The number of rotatable bonds is 15. The highest BCUT2D eigenvalue weighted by atomic mass is 32.1. The number of unbranched alkanes of at least 4 members (excludes halogenated alkanes) is 4. The summed E-state index contributed by atoms with van der Waals surface area (Å²) >= 11 is 1.44. The van der Waals surface area contributed by atoms with Crippen molar-refractivity contribution in [2.45, 2.75) is 77.7 Å². The Morgan fingerprint density at radius 2 is 1.53 bits per heavy atom. The van der Waals surface area contributed by atoms with Crippen LogP contribution in [0.25, 0.3) is 22.5 Å². The lowest BCUT2D eigenvalue weighted by Crippen LogP contribution is -2.60. The average molecular weight is 710 g/mol. The Morgan fingerprint density at radius 3 is 2.14 bits per heavy atom. The smallest absolute Gasteiger partial charge is 0.262 e. The molecule has 0 spiro atoms. The van der Waals surface area contributed by atoms with Crippen LogP contribution in [-0.4, -0.2) is 77.3 Å². The first-order valence-corrected chi connectivity index (χ1v) is 18.8. The Balaban J connectivity index is 1.22. The minimum absolute atomic E-state index is 0.00470. The zero-order chi connectivity index (χ0) is 36.5. The molecule has 3 heterocycles. The fourth-order valence-corrected chi connectivity index (χ4v) is 6.95. The van der Waals surface area contributed by atoms with E-state index in [0.717, 1.165) is 45.9 Å². The second-order valence-corrected chi connectivity index (χ2v) is 15.7. The van der Waals surface area contributed by atoms with E-state index in [1.807, 2.05) is 73.1 Å². The summed E-state index contributed by atoms with van der Waals surface area (Å²) in [5.74, 6) is 0.777. The Kier molecular flexibility index (Phi) is 12.6.